The first-order valence-corrected chi connectivity index (χ1v) is 8.55. The second-order valence-corrected chi connectivity index (χ2v) is 6.46. The lowest BCUT2D eigenvalue weighted by molar-refractivity contribution is -0.115. The number of nitrogens with zero attached hydrogens (tertiary/aromatic N) is 3. The van der Waals surface area contributed by atoms with Crippen LogP contribution in [0.15, 0.2) is 56.7 Å². The number of nitrogens with two attached hydrogens (primary N) is 1. The van der Waals surface area contributed by atoms with Gasteiger partial charge >= 0.3 is 0 Å². The third-order valence-electron chi connectivity index (χ3n) is 3.04. The second-order valence-electron chi connectivity index (χ2n) is 4.74. The quantitative estimate of drug-likeness (QED) is 0.651. The number of halogens is 1. The van der Waals surface area contributed by atoms with E-state index in [2.05, 4.69) is 26.1 Å². The SMILES string of the molecule is NC(=O)CSc1nnc(-c2ccc(Br)o2)n1Cc1ccccc1. The summed E-state index contributed by atoms with van der Waals surface area (Å²) in [5, 5.41) is 8.98. The minimum Gasteiger partial charge on any atom is -0.446 e. The van der Waals surface area contributed by atoms with E-state index in [1.54, 1.807) is 6.07 Å². The lowest BCUT2D eigenvalue weighted by atomic mass is 10.2. The van der Waals surface area contributed by atoms with E-state index in [0.717, 1.165) is 5.56 Å². The van der Waals surface area contributed by atoms with Crippen LogP contribution in [-0.4, -0.2) is 26.4 Å². The van der Waals surface area contributed by atoms with Crippen molar-refractivity contribution >= 4 is 33.6 Å². The summed E-state index contributed by atoms with van der Waals surface area (Å²) < 4.78 is 8.11. The van der Waals surface area contributed by atoms with E-state index < -0.39 is 5.91 Å². The maximum absolute atomic E-state index is 11.0. The number of carbonyl (C=O) groups is 1. The molecule has 8 heteroatoms. The molecule has 3 aromatic rings. The number of furan rings is 1. The zero-order valence-corrected chi connectivity index (χ0v) is 14.4. The van der Waals surface area contributed by atoms with Crippen LogP contribution in [0.2, 0.25) is 0 Å². The van der Waals surface area contributed by atoms with Crippen molar-refractivity contribution in [1.29, 1.82) is 0 Å². The first-order valence-electron chi connectivity index (χ1n) is 6.77. The number of amides is 1. The number of aromatic nitrogens is 3. The van der Waals surface area contributed by atoms with Crippen LogP contribution in [0.4, 0.5) is 0 Å². The van der Waals surface area contributed by atoms with Crippen molar-refractivity contribution in [3.05, 3.63) is 52.7 Å². The Morgan fingerprint density at radius 2 is 2.00 bits per heavy atom. The summed E-state index contributed by atoms with van der Waals surface area (Å²) in [6.45, 7) is 0.572. The highest BCUT2D eigenvalue weighted by Gasteiger charge is 2.18. The Balaban J connectivity index is 1.97. The molecule has 6 nitrogen and oxygen atoms in total. The van der Waals surface area contributed by atoms with Gasteiger partial charge in [-0.2, -0.15) is 0 Å². The van der Waals surface area contributed by atoms with Gasteiger partial charge in [0.15, 0.2) is 15.6 Å². The van der Waals surface area contributed by atoms with Crippen LogP contribution in [0, 0.1) is 0 Å². The van der Waals surface area contributed by atoms with Gasteiger partial charge in [0.05, 0.1) is 12.3 Å². The molecule has 0 aliphatic heterocycles. The highest BCUT2D eigenvalue weighted by molar-refractivity contribution is 9.10. The van der Waals surface area contributed by atoms with Gasteiger partial charge < -0.3 is 10.2 Å². The molecule has 0 atom stereocenters. The largest absolute Gasteiger partial charge is 0.446 e. The fourth-order valence-corrected chi connectivity index (χ4v) is 3.04. The van der Waals surface area contributed by atoms with Crippen molar-refractivity contribution in [3.63, 3.8) is 0 Å². The summed E-state index contributed by atoms with van der Waals surface area (Å²) in [5.41, 5.74) is 6.32. The zero-order valence-electron chi connectivity index (χ0n) is 12.0. The number of carbonyl (C=O) groups excluding carboxylic acids is 1. The molecule has 2 aromatic heterocycles. The van der Waals surface area contributed by atoms with Gasteiger partial charge in [0.1, 0.15) is 0 Å². The fourth-order valence-electron chi connectivity index (χ4n) is 2.06. The van der Waals surface area contributed by atoms with Crippen molar-refractivity contribution < 1.29 is 9.21 Å². The maximum Gasteiger partial charge on any atom is 0.227 e. The zero-order chi connectivity index (χ0) is 16.2. The van der Waals surface area contributed by atoms with Gasteiger partial charge in [-0.05, 0) is 33.6 Å². The van der Waals surface area contributed by atoms with E-state index in [1.807, 2.05) is 41.0 Å². The summed E-state index contributed by atoms with van der Waals surface area (Å²) in [5.74, 6) is 0.957. The first-order chi connectivity index (χ1) is 11.1. The summed E-state index contributed by atoms with van der Waals surface area (Å²) in [7, 11) is 0. The van der Waals surface area contributed by atoms with Gasteiger partial charge in [-0.1, -0.05) is 42.1 Å². The Labute approximate surface area is 145 Å². The molecule has 0 spiro atoms. The van der Waals surface area contributed by atoms with E-state index in [0.29, 0.717) is 28.0 Å². The Morgan fingerprint density at radius 1 is 1.22 bits per heavy atom. The van der Waals surface area contributed by atoms with Crippen molar-refractivity contribution in [1.82, 2.24) is 14.8 Å². The van der Waals surface area contributed by atoms with E-state index in [1.165, 1.54) is 11.8 Å². The molecule has 0 bridgehead atoms. The maximum atomic E-state index is 11.0. The Kier molecular flexibility index (Phi) is 4.82. The molecule has 0 unspecified atom stereocenters. The number of primary amides is 1. The predicted molar refractivity (Wildman–Crippen MR) is 90.9 cm³/mol. The normalized spacial score (nSPS) is 10.8. The van der Waals surface area contributed by atoms with Crippen molar-refractivity contribution in [2.45, 2.75) is 11.7 Å². The predicted octanol–water partition coefficient (Wildman–Crippen LogP) is 2.93. The molecule has 0 radical (unpaired) electrons. The Hall–Kier alpha value is -2.06. The van der Waals surface area contributed by atoms with Crippen molar-refractivity contribution in [2.75, 3.05) is 5.75 Å². The molecule has 0 saturated carbocycles. The number of hydrogen-bond donors (Lipinski definition) is 1. The summed E-state index contributed by atoms with van der Waals surface area (Å²) in [4.78, 5) is 11.0. The van der Waals surface area contributed by atoms with Crippen molar-refractivity contribution in [2.24, 2.45) is 5.73 Å². The topological polar surface area (TPSA) is 86.9 Å². The molecule has 1 aromatic carbocycles. The van der Waals surface area contributed by atoms with Crippen LogP contribution in [0.1, 0.15) is 5.56 Å². The van der Waals surface area contributed by atoms with Gasteiger partial charge in [0, 0.05) is 0 Å². The average molecular weight is 393 g/mol. The molecule has 1 amide bonds. The number of benzene rings is 1. The van der Waals surface area contributed by atoms with Crippen LogP contribution < -0.4 is 5.73 Å². The Bertz CT molecular complexity index is 816. The third kappa shape index (κ3) is 3.83. The van der Waals surface area contributed by atoms with E-state index >= 15 is 0 Å². The molecule has 0 fully saturated rings. The summed E-state index contributed by atoms with van der Waals surface area (Å²) in [6, 6.07) is 13.6. The lowest BCUT2D eigenvalue weighted by Crippen LogP contribution is -2.14. The van der Waals surface area contributed by atoms with E-state index in [-0.39, 0.29) is 5.75 Å². The third-order valence-corrected chi connectivity index (χ3v) is 4.45. The van der Waals surface area contributed by atoms with Crippen LogP contribution in [0.5, 0.6) is 0 Å². The lowest BCUT2D eigenvalue weighted by Gasteiger charge is -2.08. The number of hydrogen-bond acceptors (Lipinski definition) is 5. The minimum atomic E-state index is -0.397. The van der Waals surface area contributed by atoms with Crippen LogP contribution in [0.25, 0.3) is 11.6 Å². The molecule has 0 aliphatic rings. The standard InChI is InChI=1S/C15H13BrN4O2S/c16-12-7-6-11(22-12)14-18-19-15(23-9-13(17)21)20(14)8-10-4-2-1-3-5-10/h1-7H,8-9H2,(H2,17,21). The van der Waals surface area contributed by atoms with Gasteiger partial charge in [0.2, 0.25) is 11.7 Å². The van der Waals surface area contributed by atoms with E-state index in [4.69, 9.17) is 10.2 Å². The highest BCUT2D eigenvalue weighted by atomic mass is 79.9. The molecule has 118 valence electrons. The van der Waals surface area contributed by atoms with Gasteiger partial charge in [0.25, 0.3) is 0 Å². The average Bonchev–Trinajstić information content (AvgIpc) is 3.12. The van der Waals surface area contributed by atoms with Gasteiger partial charge in [-0.25, -0.2) is 0 Å². The minimum absolute atomic E-state index is 0.148. The van der Waals surface area contributed by atoms with Crippen LogP contribution in [-0.2, 0) is 11.3 Å². The molecule has 23 heavy (non-hydrogen) atoms. The second kappa shape index (κ2) is 7.01. The van der Waals surface area contributed by atoms with Gasteiger partial charge in [-0.3, -0.25) is 9.36 Å². The molecular weight excluding hydrogens is 380 g/mol. The number of thioether (sulfide) groups is 1. The molecule has 2 N–H and O–H groups in total. The fraction of sp³-hybridized carbons (Fsp3) is 0.133. The summed E-state index contributed by atoms with van der Waals surface area (Å²) in [6.07, 6.45) is 0. The first kappa shape index (κ1) is 15.8. The monoisotopic (exact) mass is 392 g/mol. The van der Waals surface area contributed by atoms with Gasteiger partial charge in [-0.15, -0.1) is 10.2 Å². The van der Waals surface area contributed by atoms with E-state index in [9.17, 15) is 4.79 Å². The smallest absolute Gasteiger partial charge is 0.227 e. The molecular formula is C15H13BrN4O2S. The molecule has 2 heterocycles. The molecule has 0 aliphatic carbocycles. The molecule has 0 saturated heterocycles. The van der Waals surface area contributed by atoms with Crippen LogP contribution >= 0.6 is 27.7 Å². The summed E-state index contributed by atoms with van der Waals surface area (Å²) >= 11 is 4.55. The highest BCUT2D eigenvalue weighted by Crippen LogP contribution is 2.28. The van der Waals surface area contributed by atoms with Crippen LogP contribution in [0.3, 0.4) is 0 Å². The number of rotatable bonds is 6. The molecule has 3 rings (SSSR count). The Morgan fingerprint density at radius 3 is 2.65 bits per heavy atom. The van der Waals surface area contributed by atoms with Crippen molar-refractivity contribution in [3.8, 4) is 11.6 Å².